The quantitative estimate of drug-likeness (QED) is 0.895. The summed E-state index contributed by atoms with van der Waals surface area (Å²) in [5.41, 5.74) is 0.250. The van der Waals surface area contributed by atoms with E-state index >= 15 is 0 Å². The molecule has 0 radical (unpaired) electrons. The van der Waals surface area contributed by atoms with Gasteiger partial charge < -0.3 is 10.6 Å². The van der Waals surface area contributed by atoms with Gasteiger partial charge in [-0.1, -0.05) is 36.2 Å². The summed E-state index contributed by atoms with van der Waals surface area (Å²) in [7, 11) is 0. The van der Waals surface area contributed by atoms with Crippen LogP contribution in [0, 0.1) is 5.41 Å². The Bertz CT molecular complexity index is 456. The zero-order valence-electron chi connectivity index (χ0n) is 10.2. The minimum Gasteiger partial charge on any atom is -0.324 e. The molecular weight excluding hydrogens is 271 g/mol. The fourth-order valence-electron chi connectivity index (χ4n) is 2.26. The summed E-state index contributed by atoms with van der Waals surface area (Å²) in [5.74, 6) is 0.0131. The van der Waals surface area contributed by atoms with Gasteiger partial charge in [0.05, 0.1) is 21.1 Å². The van der Waals surface area contributed by atoms with Crippen molar-refractivity contribution >= 4 is 34.8 Å². The van der Waals surface area contributed by atoms with E-state index in [4.69, 9.17) is 23.2 Å². The summed E-state index contributed by atoms with van der Waals surface area (Å²) < 4.78 is 0. The minimum absolute atomic E-state index is 0.0131. The van der Waals surface area contributed by atoms with E-state index in [0.29, 0.717) is 22.3 Å². The van der Waals surface area contributed by atoms with Crippen molar-refractivity contribution in [3.63, 3.8) is 0 Å². The van der Waals surface area contributed by atoms with Crippen LogP contribution in [0.5, 0.6) is 0 Å². The van der Waals surface area contributed by atoms with Gasteiger partial charge in [0.1, 0.15) is 0 Å². The van der Waals surface area contributed by atoms with E-state index in [-0.39, 0.29) is 11.3 Å². The lowest BCUT2D eigenvalue weighted by Crippen LogP contribution is -2.37. The van der Waals surface area contributed by atoms with Crippen molar-refractivity contribution in [1.82, 2.24) is 5.32 Å². The first-order chi connectivity index (χ1) is 8.59. The number of hydrogen-bond donors (Lipinski definition) is 2. The van der Waals surface area contributed by atoms with Gasteiger partial charge in [-0.05, 0) is 31.5 Å². The predicted molar refractivity (Wildman–Crippen MR) is 75.3 cm³/mol. The molecular formula is C13H16Cl2N2O. The third-order valence-corrected chi connectivity index (χ3v) is 4.42. The second kappa shape index (κ2) is 5.47. The average Bonchev–Trinajstić information content (AvgIpc) is 2.85. The maximum Gasteiger partial charge on any atom is 0.231 e. The van der Waals surface area contributed by atoms with Gasteiger partial charge in [0.15, 0.2) is 0 Å². The second-order valence-corrected chi connectivity index (χ2v) is 5.40. The van der Waals surface area contributed by atoms with Crippen LogP contribution < -0.4 is 10.6 Å². The molecule has 1 fully saturated rings. The smallest absolute Gasteiger partial charge is 0.231 e. The van der Waals surface area contributed by atoms with E-state index in [2.05, 4.69) is 10.6 Å². The molecule has 1 amide bonds. The number of nitrogens with one attached hydrogen (secondary N) is 2. The summed E-state index contributed by atoms with van der Waals surface area (Å²) >= 11 is 12.0. The topological polar surface area (TPSA) is 41.1 Å². The van der Waals surface area contributed by atoms with Gasteiger partial charge in [-0.25, -0.2) is 0 Å². The number of carbonyl (C=O) groups is 1. The second-order valence-electron chi connectivity index (χ2n) is 4.62. The first kappa shape index (κ1) is 13.7. The van der Waals surface area contributed by atoms with Crippen molar-refractivity contribution in [3.8, 4) is 0 Å². The standard InChI is InChI=1S/C13H16Cl2N2O/c1-2-13(6-7-16-8-13)12(18)17-10-5-3-4-9(14)11(10)15/h3-5,16H,2,6-8H2,1H3,(H,17,18). The lowest BCUT2D eigenvalue weighted by molar-refractivity contribution is -0.124. The molecule has 1 aromatic rings. The van der Waals surface area contributed by atoms with Gasteiger partial charge in [0, 0.05) is 6.54 Å². The number of anilines is 1. The molecule has 0 aromatic heterocycles. The van der Waals surface area contributed by atoms with Gasteiger partial charge in [0.2, 0.25) is 5.91 Å². The van der Waals surface area contributed by atoms with Crippen LogP contribution in [0.3, 0.4) is 0 Å². The van der Waals surface area contributed by atoms with E-state index in [1.54, 1.807) is 18.2 Å². The van der Waals surface area contributed by atoms with Crippen LogP contribution in [-0.2, 0) is 4.79 Å². The molecule has 1 heterocycles. The Balaban J connectivity index is 2.18. The Hall–Kier alpha value is -0.770. The first-order valence-corrected chi connectivity index (χ1v) is 6.81. The van der Waals surface area contributed by atoms with Crippen molar-refractivity contribution < 1.29 is 4.79 Å². The fourth-order valence-corrected chi connectivity index (χ4v) is 2.60. The lowest BCUT2D eigenvalue weighted by atomic mass is 9.83. The Morgan fingerprint density at radius 3 is 2.89 bits per heavy atom. The Morgan fingerprint density at radius 2 is 2.28 bits per heavy atom. The number of rotatable bonds is 3. The third-order valence-electron chi connectivity index (χ3n) is 3.60. The zero-order chi connectivity index (χ0) is 13.2. The summed E-state index contributed by atoms with van der Waals surface area (Å²) in [6, 6.07) is 5.24. The number of benzene rings is 1. The van der Waals surface area contributed by atoms with Gasteiger partial charge in [-0.2, -0.15) is 0 Å². The molecule has 18 heavy (non-hydrogen) atoms. The molecule has 1 unspecified atom stereocenters. The molecule has 98 valence electrons. The predicted octanol–water partition coefficient (Wildman–Crippen LogP) is 3.32. The van der Waals surface area contributed by atoms with E-state index in [0.717, 1.165) is 19.4 Å². The van der Waals surface area contributed by atoms with Gasteiger partial charge >= 0.3 is 0 Å². The van der Waals surface area contributed by atoms with Crippen molar-refractivity contribution in [2.75, 3.05) is 18.4 Å². The van der Waals surface area contributed by atoms with Gasteiger partial charge in [0.25, 0.3) is 0 Å². The number of halogens is 2. The van der Waals surface area contributed by atoms with E-state index in [1.165, 1.54) is 0 Å². The highest BCUT2D eigenvalue weighted by atomic mass is 35.5. The summed E-state index contributed by atoms with van der Waals surface area (Å²) in [5, 5.41) is 6.97. The molecule has 2 N–H and O–H groups in total. The lowest BCUT2D eigenvalue weighted by Gasteiger charge is -2.25. The van der Waals surface area contributed by atoms with Gasteiger partial charge in [-0.3, -0.25) is 4.79 Å². The highest BCUT2D eigenvalue weighted by Gasteiger charge is 2.39. The SMILES string of the molecule is CCC1(C(=O)Nc2cccc(Cl)c2Cl)CCNC1. The van der Waals surface area contributed by atoms with E-state index in [9.17, 15) is 4.79 Å². The molecule has 0 aliphatic carbocycles. The molecule has 2 rings (SSSR count). The van der Waals surface area contributed by atoms with Crippen LogP contribution in [0.2, 0.25) is 10.0 Å². The van der Waals surface area contributed by atoms with Crippen molar-refractivity contribution in [2.24, 2.45) is 5.41 Å². The Labute approximate surface area is 117 Å². The highest BCUT2D eigenvalue weighted by molar-refractivity contribution is 6.44. The molecule has 1 atom stereocenters. The fraction of sp³-hybridized carbons (Fsp3) is 0.462. The third kappa shape index (κ3) is 2.48. The average molecular weight is 287 g/mol. The minimum atomic E-state index is -0.328. The Kier molecular flexibility index (Phi) is 4.15. The molecule has 0 spiro atoms. The summed E-state index contributed by atoms with van der Waals surface area (Å²) in [4.78, 5) is 12.4. The monoisotopic (exact) mass is 286 g/mol. The molecule has 1 saturated heterocycles. The van der Waals surface area contributed by atoms with E-state index in [1.807, 2.05) is 6.92 Å². The zero-order valence-corrected chi connectivity index (χ0v) is 11.7. The van der Waals surface area contributed by atoms with Crippen LogP contribution in [0.15, 0.2) is 18.2 Å². The maximum absolute atomic E-state index is 12.4. The number of hydrogen-bond acceptors (Lipinski definition) is 2. The number of amides is 1. The molecule has 5 heteroatoms. The van der Waals surface area contributed by atoms with Crippen molar-refractivity contribution in [1.29, 1.82) is 0 Å². The normalized spacial score (nSPS) is 23.1. The van der Waals surface area contributed by atoms with E-state index < -0.39 is 0 Å². The molecule has 1 aliphatic heterocycles. The molecule has 1 aliphatic rings. The summed E-state index contributed by atoms with van der Waals surface area (Å²) in [6.45, 7) is 3.63. The van der Waals surface area contributed by atoms with Crippen LogP contribution in [-0.4, -0.2) is 19.0 Å². The highest BCUT2D eigenvalue weighted by Crippen LogP contribution is 2.34. The van der Waals surface area contributed by atoms with Crippen molar-refractivity contribution in [3.05, 3.63) is 28.2 Å². The maximum atomic E-state index is 12.4. The van der Waals surface area contributed by atoms with Crippen LogP contribution in [0.4, 0.5) is 5.69 Å². The van der Waals surface area contributed by atoms with Crippen molar-refractivity contribution in [2.45, 2.75) is 19.8 Å². The molecule has 0 saturated carbocycles. The Morgan fingerprint density at radius 1 is 1.50 bits per heavy atom. The van der Waals surface area contributed by atoms with Crippen LogP contribution in [0.1, 0.15) is 19.8 Å². The molecule has 3 nitrogen and oxygen atoms in total. The van der Waals surface area contributed by atoms with Crippen LogP contribution >= 0.6 is 23.2 Å². The largest absolute Gasteiger partial charge is 0.324 e. The molecule has 0 bridgehead atoms. The van der Waals surface area contributed by atoms with Crippen LogP contribution in [0.25, 0.3) is 0 Å². The van der Waals surface area contributed by atoms with Gasteiger partial charge in [-0.15, -0.1) is 0 Å². The molecule has 1 aromatic carbocycles. The summed E-state index contributed by atoms with van der Waals surface area (Å²) in [6.07, 6.45) is 1.66. The number of carbonyl (C=O) groups excluding carboxylic acids is 1. The first-order valence-electron chi connectivity index (χ1n) is 6.05.